The quantitative estimate of drug-likeness (QED) is 0.678. The zero-order chi connectivity index (χ0) is 9.80. The van der Waals surface area contributed by atoms with Crippen LogP contribution in [0, 0.1) is 5.92 Å². The van der Waals surface area contributed by atoms with Gasteiger partial charge in [0.05, 0.1) is 0 Å². The van der Waals surface area contributed by atoms with Gasteiger partial charge in [-0.25, -0.2) is 0 Å². The van der Waals surface area contributed by atoms with E-state index in [1.165, 1.54) is 52.0 Å². The van der Waals surface area contributed by atoms with Gasteiger partial charge in [0, 0.05) is 38.8 Å². The van der Waals surface area contributed by atoms with Gasteiger partial charge in [-0.15, -0.1) is 0 Å². The predicted octanol–water partition coefficient (Wildman–Crippen LogP) is 0.280. The van der Waals surface area contributed by atoms with Gasteiger partial charge in [-0.1, -0.05) is 6.42 Å². The first-order chi connectivity index (χ1) is 6.90. The highest BCUT2D eigenvalue weighted by Crippen LogP contribution is 2.29. The summed E-state index contributed by atoms with van der Waals surface area (Å²) < 4.78 is 0. The van der Waals surface area contributed by atoms with E-state index in [0.717, 1.165) is 12.0 Å². The maximum absolute atomic E-state index is 3.49. The topological polar surface area (TPSA) is 27.3 Å². The number of rotatable bonds is 4. The van der Waals surface area contributed by atoms with Crippen LogP contribution in [0.2, 0.25) is 0 Å². The Hall–Kier alpha value is -0.120. The second-order valence-electron chi connectivity index (χ2n) is 4.64. The summed E-state index contributed by atoms with van der Waals surface area (Å²) in [6.45, 7) is 6.04. The first-order valence-electron chi connectivity index (χ1n) is 6.00. The van der Waals surface area contributed by atoms with E-state index in [4.69, 9.17) is 0 Å². The van der Waals surface area contributed by atoms with Crippen LogP contribution in [0.1, 0.15) is 19.3 Å². The molecule has 1 aliphatic heterocycles. The largest absolute Gasteiger partial charge is 0.315 e. The fourth-order valence-electron chi connectivity index (χ4n) is 2.49. The molecule has 3 heteroatoms. The summed E-state index contributed by atoms with van der Waals surface area (Å²) in [4.78, 5) is 2.59. The van der Waals surface area contributed by atoms with Gasteiger partial charge in [-0.3, -0.25) is 4.90 Å². The smallest absolute Gasteiger partial charge is 0.0220 e. The van der Waals surface area contributed by atoms with Crippen molar-refractivity contribution in [3.63, 3.8) is 0 Å². The molecule has 1 saturated heterocycles. The van der Waals surface area contributed by atoms with E-state index < -0.39 is 0 Å². The van der Waals surface area contributed by atoms with Crippen molar-refractivity contribution >= 4 is 0 Å². The molecule has 82 valence electrons. The Morgan fingerprint density at radius 2 is 2.07 bits per heavy atom. The molecule has 0 aromatic rings. The van der Waals surface area contributed by atoms with Crippen molar-refractivity contribution in [2.24, 2.45) is 5.92 Å². The highest BCUT2D eigenvalue weighted by Gasteiger charge is 2.27. The molecule has 2 rings (SSSR count). The third-order valence-corrected chi connectivity index (χ3v) is 3.75. The molecule has 2 N–H and O–H groups in total. The molecular weight excluding hydrogens is 174 g/mol. The molecule has 1 aliphatic carbocycles. The first-order valence-corrected chi connectivity index (χ1v) is 6.00. The number of piperazine rings is 1. The Morgan fingerprint density at radius 3 is 2.57 bits per heavy atom. The fourth-order valence-corrected chi connectivity index (χ4v) is 2.49. The van der Waals surface area contributed by atoms with Gasteiger partial charge in [0.25, 0.3) is 0 Å². The minimum absolute atomic E-state index is 0.738. The average Bonchev–Trinajstić information content (AvgIpc) is 2.15. The zero-order valence-corrected chi connectivity index (χ0v) is 9.26. The van der Waals surface area contributed by atoms with Crippen molar-refractivity contribution in [3.05, 3.63) is 0 Å². The number of nitrogens with one attached hydrogen (secondary N) is 2. The van der Waals surface area contributed by atoms with Crippen LogP contribution in [0.5, 0.6) is 0 Å². The first kappa shape index (κ1) is 10.4. The summed E-state index contributed by atoms with van der Waals surface area (Å²) >= 11 is 0. The van der Waals surface area contributed by atoms with Crippen LogP contribution < -0.4 is 10.6 Å². The number of likely N-dealkylation sites (N-methyl/N-ethyl adjacent to an activating group) is 1. The van der Waals surface area contributed by atoms with Crippen LogP contribution in [0.4, 0.5) is 0 Å². The van der Waals surface area contributed by atoms with Gasteiger partial charge in [-0.05, 0) is 25.8 Å². The maximum Gasteiger partial charge on any atom is 0.0220 e. The molecule has 2 aliphatic rings. The van der Waals surface area contributed by atoms with E-state index in [1.54, 1.807) is 0 Å². The maximum atomic E-state index is 3.49. The fraction of sp³-hybridized carbons (Fsp3) is 1.00. The van der Waals surface area contributed by atoms with Crippen LogP contribution in [-0.2, 0) is 0 Å². The number of hydrogen-bond acceptors (Lipinski definition) is 3. The molecule has 3 nitrogen and oxygen atoms in total. The molecule has 1 unspecified atom stereocenters. The van der Waals surface area contributed by atoms with Crippen molar-refractivity contribution in [1.29, 1.82) is 0 Å². The molecule has 14 heavy (non-hydrogen) atoms. The van der Waals surface area contributed by atoms with Gasteiger partial charge in [-0.2, -0.15) is 0 Å². The van der Waals surface area contributed by atoms with E-state index >= 15 is 0 Å². The zero-order valence-electron chi connectivity index (χ0n) is 9.26. The van der Waals surface area contributed by atoms with Gasteiger partial charge < -0.3 is 10.6 Å². The minimum Gasteiger partial charge on any atom is -0.315 e. The van der Waals surface area contributed by atoms with Crippen LogP contribution in [-0.4, -0.2) is 50.7 Å². The molecule has 2 fully saturated rings. The lowest BCUT2D eigenvalue weighted by atomic mass is 9.79. The third-order valence-electron chi connectivity index (χ3n) is 3.75. The molecule has 1 atom stereocenters. The standard InChI is InChI=1S/C11H23N3/c1-12-11(10-3-2-4-10)9-14-7-5-13-6-8-14/h10-13H,2-9H2,1H3. The normalized spacial score (nSPS) is 27.2. The van der Waals surface area contributed by atoms with Crippen LogP contribution >= 0.6 is 0 Å². The summed E-state index contributed by atoms with van der Waals surface area (Å²) in [6.07, 6.45) is 4.33. The lowest BCUT2D eigenvalue weighted by Crippen LogP contribution is -2.51. The van der Waals surface area contributed by atoms with Gasteiger partial charge >= 0.3 is 0 Å². The van der Waals surface area contributed by atoms with Crippen molar-refractivity contribution in [3.8, 4) is 0 Å². The monoisotopic (exact) mass is 197 g/mol. The average molecular weight is 197 g/mol. The van der Waals surface area contributed by atoms with Crippen molar-refractivity contribution < 1.29 is 0 Å². The summed E-state index contributed by atoms with van der Waals surface area (Å²) in [6, 6.07) is 0.738. The second-order valence-corrected chi connectivity index (χ2v) is 4.64. The van der Waals surface area contributed by atoms with Crippen molar-refractivity contribution in [2.75, 3.05) is 39.8 Å². The Kier molecular flexibility index (Phi) is 3.79. The Balaban J connectivity index is 1.74. The number of nitrogens with zero attached hydrogens (tertiary/aromatic N) is 1. The SMILES string of the molecule is CNC(CN1CCNCC1)C1CCC1. The molecule has 0 aromatic carbocycles. The molecular formula is C11H23N3. The van der Waals surface area contributed by atoms with E-state index in [-0.39, 0.29) is 0 Å². The molecule has 1 heterocycles. The van der Waals surface area contributed by atoms with Gasteiger partial charge in [0.15, 0.2) is 0 Å². The Morgan fingerprint density at radius 1 is 1.36 bits per heavy atom. The van der Waals surface area contributed by atoms with E-state index in [9.17, 15) is 0 Å². The summed E-state index contributed by atoms with van der Waals surface area (Å²) in [5, 5.41) is 6.89. The lowest BCUT2D eigenvalue weighted by molar-refractivity contribution is 0.156. The van der Waals surface area contributed by atoms with E-state index in [0.29, 0.717) is 0 Å². The van der Waals surface area contributed by atoms with Gasteiger partial charge in [0.1, 0.15) is 0 Å². The Labute approximate surface area is 87.2 Å². The third kappa shape index (κ3) is 2.47. The predicted molar refractivity (Wildman–Crippen MR) is 59.5 cm³/mol. The molecule has 0 aromatic heterocycles. The second kappa shape index (κ2) is 5.10. The lowest BCUT2D eigenvalue weighted by Gasteiger charge is -2.38. The molecule has 0 spiro atoms. The summed E-state index contributed by atoms with van der Waals surface area (Å²) in [7, 11) is 2.12. The Bertz CT molecular complexity index is 162. The van der Waals surface area contributed by atoms with E-state index in [2.05, 4.69) is 22.6 Å². The molecule has 0 bridgehead atoms. The van der Waals surface area contributed by atoms with E-state index in [1.807, 2.05) is 0 Å². The molecule has 0 amide bonds. The van der Waals surface area contributed by atoms with Crippen molar-refractivity contribution in [1.82, 2.24) is 15.5 Å². The van der Waals surface area contributed by atoms with Crippen LogP contribution in [0.25, 0.3) is 0 Å². The van der Waals surface area contributed by atoms with Crippen molar-refractivity contribution in [2.45, 2.75) is 25.3 Å². The number of hydrogen-bond donors (Lipinski definition) is 2. The summed E-state index contributed by atoms with van der Waals surface area (Å²) in [5.41, 5.74) is 0. The van der Waals surface area contributed by atoms with Crippen LogP contribution in [0.15, 0.2) is 0 Å². The highest BCUT2D eigenvalue weighted by atomic mass is 15.2. The molecule has 1 saturated carbocycles. The van der Waals surface area contributed by atoms with Crippen LogP contribution in [0.3, 0.4) is 0 Å². The van der Waals surface area contributed by atoms with Gasteiger partial charge in [0.2, 0.25) is 0 Å². The minimum atomic E-state index is 0.738. The molecule has 0 radical (unpaired) electrons. The summed E-state index contributed by atoms with van der Waals surface area (Å²) in [5.74, 6) is 0.954. The highest BCUT2D eigenvalue weighted by molar-refractivity contribution is 4.85.